The minimum absolute atomic E-state index is 0.208. The van der Waals surface area contributed by atoms with E-state index in [1.54, 1.807) is 12.1 Å². The summed E-state index contributed by atoms with van der Waals surface area (Å²) in [6.07, 6.45) is 0.459. The van der Waals surface area contributed by atoms with Crippen molar-refractivity contribution in [2.45, 2.75) is 26.3 Å². The lowest BCUT2D eigenvalue weighted by molar-refractivity contribution is 0.385. The molecule has 4 rings (SSSR count). The maximum absolute atomic E-state index is 13.0. The minimum Gasteiger partial charge on any atom is -0.339 e. The third-order valence-corrected chi connectivity index (χ3v) is 3.96. The fourth-order valence-electron chi connectivity index (χ4n) is 2.68. The molecular weight excluding hydrogens is 321 g/mol. The van der Waals surface area contributed by atoms with E-state index in [0.29, 0.717) is 18.1 Å². The summed E-state index contributed by atoms with van der Waals surface area (Å²) in [6.45, 7) is 4.10. The number of hydrogen-bond acceptors (Lipinski definition) is 5. The van der Waals surface area contributed by atoms with Crippen LogP contribution in [0.1, 0.15) is 31.3 Å². The zero-order chi connectivity index (χ0) is 17.4. The van der Waals surface area contributed by atoms with Gasteiger partial charge in [0, 0.05) is 11.6 Å². The van der Waals surface area contributed by atoms with Crippen LogP contribution in [0.5, 0.6) is 0 Å². The Bertz CT molecular complexity index is 1020. The van der Waals surface area contributed by atoms with Crippen LogP contribution < -0.4 is 0 Å². The molecule has 0 bridgehead atoms. The van der Waals surface area contributed by atoms with E-state index < -0.39 is 0 Å². The van der Waals surface area contributed by atoms with Crippen LogP contribution in [0.4, 0.5) is 4.39 Å². The van der Waals surface area contributed by atoms with Crippen LogP contribution >= 0.6 is 0 Å². The molecule has 7 heteroatoms. The van der Waals surface area contributed by atoms with Crippen molar-refractivity contribution < 1.29 is 8.91 Å². The Morgan fingerprint density at radius 1 is 1.12 bits per heavy atom. The highest BCUT2D eigenvalue weighted by atomic mass is 19.1. The van der Waals surface area contributed by atoms with Crippen molar-refractivity contribution in [3.8, 4) is 11.4 Å². The molecular formula is C18H16FN5O. The van der Waals surface area contributed by atoms with E-state index in [9.17, 15) is 4.39 Å². The molecule has 0 saturated carbocycles. The number of nitrogens with zero attached hydrogens (tertiary/aromatic N) is 5. The van der Waals surface area contributed by atoms with E-state index in [-0.39, 0.29) is 11.9 Å². The Balaban J connectivity index is 1.64. The molecule has 0 aliphatic heterocycles. The second-order valence-electron chi connectivity index (χ2n) is 6.15. The Kier molecular flexibility index (Phi) is 3.76. The van der Waals surface area contributed by atoms with Gasteiger partial charge in [-0.3, -0.25) is 0 Å². The van der Waals surface area contributed by atoms with Crippen LogP contribution in [0.25, 0.3) is 22.4 Å². The van der Waals surface area contributed by atoms with Gasteiger partial charge in [0.2, 0.25) is 11.7 Å². The maximum atomic E-state index is 13.0. The molecule has 0 aliphatic carbocycles. The molecule has 0 amide bonds. The number of aromatic nitrogens is 5. The van der Waals surface area contributed by atoms with Gasteiger partial charge in [0.05, 0.1) is 11.9 Å². The van der Waals surface area contributed by atoms with E-state index >= 15 is 0 Å². The second-order valence-corrected chi connectivity index (χ2v) is 6.15. The first kappa shape index (κ1) is 15.4. The van der Waals surface area contributed by atoms with Gasteiger partial charge in [-0.05, 0) is 49.7 Å². The zero-order valence-corrected chi connectivity index (χ0v) is 13.8. The molecule has 4 aromatic rings. The standard InChI is InChI=1S/C18H16FN5O/c1-11(2)24-16-10-13(5-8-15(16)21-23-24)18-20-17(25-22-18)9-12-3-6-14(19)7-4-12/h3-8,10-11H,9H2,1-2H3. The van der Waals surface area contributed by atoms with E-state index in [4.69, 9.17) is 4.52 Å². The number of fused-ring (bicyclic) bond motifs is 1. The smallest absolute Gasteiger partial charge is 0.231 e. The van der Waals surface area contributed by atoms with Gasteiger partial charge in [-0.15, -0.1) is 5.10 Å². The molecule has 0 atom stereocenters. The van der Waals surface area contributed by atoms with Crippen molar-refractivity contribution in [2.24, 2.45) is 0 Å². The fraction of sp³-hybridized carbons (Fsp3) is 0.222. The summed E-state index contributed by atoms with van der Waals surface area (Å²) in [5.74, 6) is 0.728. The molecule has 2 heterocycles. The summed E-state index contributed by atoms with van der Waals surface area (Å²) in [6, 6.07) is 12.2. The van der Waals surface area contributed by atoms with Gasteiger partial charge in [0.15, 0.2) is 0 Å². The average molecular weight is 337 g/mol. The summed E-state index contributed by atoms with van der Waals surface area (Å²) in [4.78, 5) is 4.44. The Labute approximate surface area is 143 Å². The SMILES string of the molecule is CC(C)n1nnc2ccc(-c3noc(Cc4ccc(F)cc4)n3)cc21. The molecule has 0 radical (unpaired) electrons. The normalized spacial score (nSPS) is 11.5. The molecule has 0 aliphatic rings. The van der Waals surface area contributed by atoms with Gasteiger partial charge < -0.3 is 4.52 Å². The Morgan fingerprint density at radius 2 is 1.92 bits per heavy atom. The molecule has 0 fully saturated rings. The highest BCUT2D eigenvalue weighted by Crippen LogP contribution is 2.23. The molecule has 126 valence electrons. The van der Waals surface area contributed by atoms with Crippen molar-refractivity contribution >= 4 is 11.0 Å². The predicted molar refractivity (Wildman–Crippen MR) is 90.4 cm³/mol. The molecule has 0 unspecified atom stereocenters. The minimum atomic E-state index is -0.265. The Morgan fingerprint density at radius 3 is 2.68 bits per heavy atom. The third kappa shape index (κ3) is 3.00. The van der Waals surface area contributed by atoms with E-state index in [2.05, 4.69) is 34.3 Å². The van der Waals surface area contributed by atoms with Crippen LogP contribution in [0, 0.1) is 5.82 Å². The Hall–Kier alpha value is -3.09. The van der Waals surface area contributed by atoms with Crippen molar-refractivity contribution in [1.82, 2.24) is 25.1 Å². The maximum Gasteiger partial charge on any atom is 0.231 e. The van der Waals surface area contributed by atoms with Crippen LogP contribution in [0.2, 0.25) is 0 Å². The van der Waals surface area contributed by atoms with Crippen LogP contribution in [-0.2, 0) is 6.42 Å². The first-order chi connectivity index (χ1) is 12.1. The summed E-state index contributed by atoms with van der Waals surface area (Å²) < 4.78 is 20.2. The molecule has 0 saturated heterocycles. The van der Waals surface area contributed by atoms with Crippen molar-refractivity contribution in [3.05, 3.63) is 59.7 Å². The van der Waals surface area contributed by atoms with Gasteiger partial charge in [0.1, 0.15) is 11.3 Å². The first-order valence-electron chi connectivity index (χ1n) is 8.02. The van der Waals surface area contributed by atoms with Crippen molar-refractivity contribution in [1.29, 1.82) is 0 Å². The molecule has 0 N–H and O–H groups in total. The monoisotopic (exact) mass is 337 g/mol. The lowest BCUT2D eigenvalue weighted by Crippen LogP contribution is -2.02. The van der Waals surface area contributed by atoms with E-state index in [1.165, 1.54) is 12.1 Å². The van der Waals surface area contributed by atoms with Gasteiger partial charge in [-0.25, -0.2) is 9.07 Å². The number of rotatable bonds is 4. The highest BCUT2D eigenvalue weighted by Gasteiger charge is 2.13. The van der Waals surface area contributed by atoms with Gasteiger partial charge in [-0.1, -0.05) is 22.5 Å². The zero-order valence-electron chi connectivity index (χ0n) is 13.8. The summed E-state index contributed by atoms with van der Waals surface area (Å²) >= 11 is 0. The molecule has 6 nitrogen and oxygen atoms in total. The second kappa shape index (κ2) is 6.08. The predicted octanol–water partition coefficient (Wildman–Crippen LogP) is 3.79. The third-order valence-electron chi connectivity index (χ3n) is 3.96. The number of benzene rings is 2. The average Bonchev–Trinajstić information content (AvgIpc) is 3.23. The molecule has 2 aromatic carbocycles. The first-order valence-corrected chi connectivity index (χ1v) is 8.02. The molecule has 2 aromatic heterocycles. The largest absolute Gasteiger partial charge is 0.339 e. The van der Waals surface area contributed by atoms with E-state index in [0.717, 1.165) is 22.2 Å². The topological polar surface area (TPSA) is 69.6 Å². The molecule has 25 heavy (non-hydrogen) atoms. The van der Waals surface area contributed by atoms with Gasteiger partial charge >= 0.3 is 0 Å². The number of halogens is 1. The summed E-state index contributed by atoms with van der Waals surface area (Å²) in [5, 5.41) is 12.4. The van der Waals surface area contributed by atoms with E-state index in [1.807, 2.05) is 22.9 Å². The molecule has 0 spiro atoms. The lowest BCUT2D eigenvalue weighted by Gasteiger charge is -2.05. The van der Waals surface area contributed by atoms with Crippen LogP contribution in [-0.4, -0.2) is 25.1 Å². The lowest BCUT2D eigenvalue weighted by atomic mass is 10.1. The van der Waals surface area contributed by atoms with Crippen molar-refractivity contribution in [3.63, 3.8) is 0 Å². The summed E-state index contributed by atoms with van der Waals surface area (Å²) in [7, 11) is 0. The van der Waals surface area contributed by atoms with Gasteiger partial charge in [0.25, 0.3) is 0 Å². The summed E-state index contributed by atoms with van der Waals surface area (Å²) in [5.41, 5.74) is 3.50. The quantitative estimate of drug-likeness (QED) is 0.566. The van der Waals surface area contributed by atoms with Crippen LogP contribution in [0.15, 0.2) is 47.0 Å². The van der Waals surface area contributed by atoms with Crippen molar-refractivity contribution in [2.75, 3.05) is 0 Å². The van der Waals surface area contributed by atoms with Crippen LogP contribution in [0.3, 0.4) is 0 Å². The fourth-order valence-corrected chi connectivity index (χ4v) is 2.68. The van der Waals surface area contributed by atoms with Gasteiger partial charge in [-0.2, -0.15) is 4.98 Å². The number of hydrogen-bond donors (Lipinski definition) is 0. The highest BCUT2D eigenvalue weighted by molar-refractivity contribution is 5.80.